The van der Waals surface area contributed by atoms with Gasteiger partial charge in [-0.2, -0.15) is 0 Å². The first-order chi connectivity index (χ1) is 14.3. The number of benzene rings is 3. The van der Waals surface area contributed by atoms with E-state index < -0.39 is 0 Å². The van der Waals surface area contributed by atoms with E-state index in [1.807, 2.05) is 0 Å². The lowest BCUT2D eigenvalue weighted by Gasteiger charge is -2.18. The highest BCUT2D eigenvalue weighted by Gasteiger charge is 2.17. The molecule has 0 amide bonds. The van der Waals surface area contributed by atoms with Crippen molar-refractivity contribution in [3.63, 3.8) is 0 Å². The van der Waals surface area contributed by atoms with Crippen molar-refractivity contribution in [2.45, 2.75) is 38.5 Å². The Morgan fingerprint density at radius 1 is 0.300 bits per heavy atom. The SMILES string of the molecule is Oc1cc2c(cc1O)CCc1cc(O)c(O)cc1CCc1cc(O)c(O)cc1CC2. The number of rotatable bonds is 0. The highest BCUT2D eigenvalue weighted by Crippen LogP contribution is 2.35. The number of aromatic hydroxyl groups is 6. The highest BCUT2D eigenvalue weighted by atomic mass is 16.3. The van der Waals surface area contributed by atoms with Gasteiger partial charge in [-0.15, -0.1) is 0 Å². The second kappa shape index (κ2) is 7.71. The van der Waals surface area contributed by atoms with E-state index in [0.717, 1.165) is 33.4 Å². The monoisotopic (exact) mass is 408 g/mol. The van der Waals surface area contributed by atoms with Gasteiger partial charge < -0.3 is 30.6 Å². The molecule has 6 nitrogen and oxygen atoms in total. The van der Waals surface area contributed by atoms with Crippen molar-refractivity contribution in [3.8, 4) is 34.5 Å². The van der Waals surface area contributed by atoms with Gasteiger partial charge in [0, 0.05) is 0 Å². The average molecular weight is 408 g/mol. The van der Waals surface area contributed by atoms with Crippen LogP contribution in [0.4, 0.5) is 0 Å². The van der Waals surface area contributed by atoms with E-state index >= 15 is 0 Å². The first-order valence-corrected chi connectivity index (χ1v) is 9.93. The molecule has 6 heteroatoms. The predicted molar refractivity (Wildman–Crippen MR) is 112 cm³/mol. The number of hydrogen-bond acceptors (Lipinski definition) is 6. The van der Waals surface area contributed by atoms with Crippen LogP contribution in [0.1, 0.15) is 33.4 Å². The molecule has 0 saturated heterocycles. The molecule has 0 aromatic heterocycles. The first kappa shape index (κ1) is 19.8. The molecule has 0 aliphatic heterocycles. The molecule has 0 atom stereocenters. The molecular weight excluding hydrogens is 384 g/mol. The number of phenolic OH excluding ortho intramolecular Hbond substituents is 6. The maximum Gasteiger partial charge on any atom is 0.157 e. The molecule has 0 heterocycles. The molecule has 0 spiro atoms. The Balaban J connectivity index is 1.83. The Kier molecular flexibility index (Phi) is 5.08. The van der Waals surface area contributed by atoms with Gasteiger partial charge in [-0.3, -0.25) is 0 Å². The third-order valence-corrected chi connectivity index (χ3v) is 5.88. The Morgan fingerprint density at radius 3 is 0.567 bits per heavy atom. The van der Waals surface area contributed by atoms with Gasteiger partial charge in [0.15, 0.2) is 34.5 Å². The lowest BCUT2D eigenvalue weighted by Crippen LogP contribution is -2.06. The third-order valence-electron chi connectivity index (χ3n) is 5.88. The van der Waals surface area contributed by atoms with Crippen LogP contribution in [0.15, 0.2) is 36.4 Å². The molecule has 1 aliphatic carbocycles. The zero-order valence-corrected chi connectivity index (χ0v) is 16.4. The van der Waals surface area contributed by atoms with E-state index in [9.17, 15) is 30.6 Å². The molecule has 0 saturated carbocycles. The summed E-state index contributed by atoms with van der Waals surface area (Å²) in [5.41, 5.74) is 5.30. The van der Waals surface area contributed by atoms with Crippen LogP contribution in [0.2, 0.25) is 0 Å². The highest BCUT2D eigenvalue weighted by molar-refractivity contribution is 5.50. The Bertz CT molecular complexity index is 891. The van der Waals surface area contributed by atoms with Crippen LogP contribution in [0.3, 0.4) is 0 Å². The van der Waals surface area contributed by atoms with E-state index in [1.54, 1.807) is 36.4 Å². The third kappa shape index (κ3) is 3.81. The van der Waals surface area contributed by atoms with Crippen LogP contribution in [0.25, 0.3) is 0 Å². The standard InChI is InChI=1S/C24H24O6/c25-19-7-13-1-2-14-8-20(26)22(28)10-16(14)5-6-18-12-24(30)23(29)11-17(18)4-3-15(13)9-21(19)27/h7-12,25-30H,1-6H2. The van der Waals surface area contributed by atoms with Gasteiger partial charge in [-0.25, -0.2) is 0 Å². The molecule has 0 bridgehead atoms. The zero-order valence-electron chi connectivity index (χ0n) is 16.4. The topological polar surface area (TPSA) is 121 Å². The molecule has 0 unspecified atom stereocenters. The molecule has 3 aromatic rings. The number of phenols is 6. The molecule has 0 radical (unpaired) electrons. The fourth-order valence-electron chi connectivity index (χ4n) is 4.19. The minimum atomic E-state index is -0.183. The van der Waals surface area contributed by atoms with Crippen LogP contribution in [-0.2, 0) is 38.5 Å². The minimum absolute atomic E-state index is 0.183. The molecule has 0 fully saturated rings. The smallest absolute Gasteiger partial charge is 0.157 e. The van der Waals surface area contributed by atoms with Gasteiger partial charge in [0.1, 0.15) is 0 Å². The largest absolute Gasteiger partial charge is 0.504 e. The van der Waals surface area contributed by atoms with E-state index in [2.05, 4.69) is 0 Å². The predicted octanol–water partition coefficient (Wildman–Crippen LogP) is 3.59. The normalized spacial score (nSPS) is 14.0. The summed E-state index contributed by atoms with van der Waals surface area (Å²) < 4.78 is 0. The molecule has 6 N–H and O–H groups in total. The van der Waals surface area contributed by atoms with Gasteiger partial charge in [0.2, 0.25) is 0 Å². The van der Waals surface area contributed by atoms with Gasteiger partial charge in [0.25, 0.3) is 0 Å². The fourth-order valence-corrected chi connectivity index (χ4v) is 4.19. The first-order valence-electron chi connectivity index (χ1n) is 9.93. The van der Waals surface area contributed by atoms with Crippen LogP contribution < -0.4 is 0 Å². The molecule has 156 valence electrons. The maximum atomic E-state index is 9.98. The summed E-state index contributed by atoms with van der Waals surface area (Å²) in [6.45, 7) is 0. The average Bonchev–Trinajstić information content (AvgIpc) is 2.70. The Labute approximate surface area is 173 Å². The lowest BCUT2D eigenvalue weighted by molar-refractivity contribution is 0.401. The van der Waals surface area contributed by atoms with E-state index in [1.165, 1.54) is 0 Å². The Hall–Kier alpha value is -3.54. The van der Waals surface area contributed by atoms with Crippen molar-refractivity contribution >= 4 is 0 Å². The summed E-state index contributed by atoms with van der Waals surface area (Å²) >= 11 is 0. The van der Waals surface area contributed by atoms with Gasteiger partial charge in [-0.05, 0) is 108 Å². The summed E-state index contributed by atoms with van der Waals surface area (Å²) in [5.74, 6) is -1.10. The quantitative estimate of drug-likeness (QED) is 0.316. The Morgan fingerprint density at radius 2 is 0.433 bits per heavy atom. The molecule has 30 heavy (non-hydrogen) atoms. The fraction of sp³-hybridized carbons (Fsp3) is 0.250. The van der Waals surface area contributed by atoms with Gasteiger partial charge >= 0.3 is 0 Å². The van der Waals surface area contributed by atoms with E-state index in [-0.39, 0.29) is 34.5 Å². The molecule has 1 aliphatic rings. The summed E-state index contributed by atoms with van der Waals surface area (Å²) in [6, 6.07) is 9.37. The molecular formula is C24H24O6. The number of aryl methyl sites for hydroxylation is 6. The van der Waals surface area contributed by atoms with Crippen molar-refractivity contribution in [2.24, 2.45) is 0 Å². The lowest BCUT2D eigenvalue weighted by atomic mass is 9.88. The van der Waals surface area contributed by atoms with Crippen LogP contribution in [-0.4, -0.2) is 30.6 Å². The molecule has 3 aromatic carbocycles. The second-order valence-electron chi connectivity index (χ2n) is 7.83. The minimum Gasteiger partial charge on any atom is -0.504 e. The van der Waals surface area contributed by atoms with Gasteiger partial charge in [0.05, 0.1) is 0 Å². The summed E-state index contributed by atoms with van der Waals surface area (Å²) in [4.78, 5) is 0. The maximum absolute atomic E-state index is 9.98. The van der Waals surface area contributed by atoms with Crippen molar-refractivity contribution in [1.82, 2.24) is 0 Å². The van der Waals surface area contributed by atoms with E-state index in [4.69, 9.17) is 0 Å². The van der Waals surface area contributed by atoms with Crippen molar-refractivity contribution in [2.75, 3.05) is 0 Å². The second-order valence-corrected chi connectivity index (χ2v) is 7.83. The van der Waals surface area contributed by atoms with Crippen molar-refractivity contribution < 1.29 is 30.6 Å². The van der Waals surface area contributed by atoms with Crippen molar-refractivity contribution in [1.29, 1.82) is 0 Å². The number of fused-ring (bicyclic) bond motifs is 3. The summed E-state index contributed by atoms with van der Waals surface area (Å²) in [6.07, 6.45) is 3.55. The zero-order chi connectivity index (χ0) is 21.4. The van der Waals surface area contributed by atoms with Crippen LogP contribution in [0.5, 0.6) is 34.5 Å². The van der Waals surface area contributed by atoms with Crippen molar-refractivity contribution in [3.05, 3.63) is 69.8 Å². The van der Waals surface area contributed by atoms with Gasteiger partial charge in [-0.1, -0.05) is 0 Å². The van der Waals surface area contributed by atoms with E-state index in [0.29, 0.717) is 38.5 Å². The summed E-state index contributed by atoms with van der Waals surface area (Å²) in [7, 11) is 0. The van der Waals surface area contributed by atoms with Crippen LogP contribution in [0, 0.1) is 0 Å². The molecule has 4 rings (SSSR count). The van der Waals surface area contributed by atoms with Crippen LogP contribution >= 0.6 is 0 Å². The summed E-state index contributed by atoms with van der Waals surface area (Å²) in [5, 5.41) is 59.9. The number of hydrogen-bond donors (Lipinski definition) is 6.